The fourth-order valence-electron chi connectivity index (χ4n) is 5.41. The van der Waals surface area contributed by atoms with Crippen LogP contribution < -0.4 is 0 Å². The van der Waals surface area contributed by atoms with E-state index in [0.717, 1.165) is 27.4 Å². The summed E-state index contributed by atoms with van der Waals surface area (Å²) in [6, 6.07) is 17.1. The molecule has 0 unspecified atom stereocenters. The van der Waals surface area contributed by atoms with E-state index in [1.165, 1.54) is 47.8 Å². The van der Waals surface area contributed by atoms with Crippen molar-refractivity contribution in [3.05, 3.63) is 72.1 Å². The van der Waals surface area contributed by atoms with E-state index in [1.807, 2.05) is 12.3 Å². The van der Waals surface area contributed by atoms with Crippen LogP contribution in [-0.2, 0) is 5.31 Å². The predicted molar refractivity (Wildman–Crippen MR) is 126 cm³/mol. The first-order chi connectivity index (χ1) is 14.7. The zero-order valence-electron chi connectivity index (χ0n) is 17.4. The fourth-order valence-corrected chi connectivity index (χ4v) is 5.41. The Morgan fingerprint density at radius 2 is 1.67 bits per heavy atom. The molecule has 0 N–H and O–H groups in total. The maximum atomic E-state index is 6.29. The van der Waals surface area contributed by atoms with E-state index < -0.39 is 0 Å². The maximum Gasteiger partial charge on any atom is 0.227 e. The quantitative estimate of drug-likeness (QED) is 0.352. The summed E-state index contributed by atoms with van der Waals surface area (Å²) in [6.45, 7) is 2.21. The highest BCUT2D eigenvalue weighted by Crippen LogP contribution is 2.44. The van der Waals surface area contributed by atoms with Crippen LogP contribution in [0.15, 0.2) is 65.3 Å². The topological polar surface area (TPSA) is 38.9 Å². The van der Waals surface area contributed by atoms with Crippen molar-refractivity contribution in [2.24, 2.45) is 0 Å². The Balaban J connectivity index is 1.73. The average Bonchev–Trinajstić information content (AvgIpc) is 3.39. The van der Waals surface area contributed by atoms with Crippen LogP contribution >= 0.6 is 0 Å². The highest BCUT2D eigenvalue weighted by atomic mass is 16.3. The van der Waals surface area contributed by atoms with Crippen molar-refractivity contribution in [3.8, 4) is 11.3 Å². The average molecular weight is 390 g/mol. The molecule has 0 radical (unpaired) electrons. The summed E-state index contributed by atoms with van der Waals surface area (Å²) in [5, 5.41) is 4.76. The standard InChI is InChI=1S/C26H23BN2O/c1-16-18-7-2-3-8-19(18)24-23(20-9-6-13-29-25(20)30-24)22(16)21-15-17(10-14-28-21)26(27)11-4-5-12-26/h2-3,6-10,13-15H,4-5,11-12,27H2,1H3. The third kappa shape index (κ3) is 2.46. The summed E-state index contributed by atoms with van der Waals surface area (Å²) in [6.07, 6.45) is 8.90. The van der Waals surface area contributed by atoms with E-state index in [1.54, 1.807) is 6.20 Å². The van der Waals surface area contributed by atoms with Crippen LogP contribution in [0.1, 0.15) is 36.8 Å². The van der Waals surface area contributed by atoms with Crippen LogP contribution in [0.5, 0.6) is 0 Å². The molecule has 0 bridgehead atoms. The number of rotatable bonds is 2. The van der Waals surface area contributed by atoms with Gasteiger partial charge in [0.2, 0.25) is 5.71 Å². The van der Waals surface area contributed by atoms with Crippen molar-refractivity contribution < 1.29 is 4.42 Å². The van der Waals surface area contributed by atoms with Gasteiger partial charge in [-0.3, -0.25) is 4.98 Å². The highest BCUT2D eigenvalue weighted by molar-refractivity contribution is 6.22. The molecular weight excluding hydrogens is 367 g/mol. The maximum absolute atomic E-state index is 6.29. The van der Waals surface area contributed by atoms with Crippen molar-refractivity contribution in [3.63, 3.8) is 0 Å². The third-order valence-electron chi connectivity index (χ3n) is 7.09. The van der Waals surface area contributed by atoms with E-state index >= 15 is 0 Å². The molecule has 30 heavy (non-hydrogen) atoms. The number of hydrogen-bond donors (Lipinski definition) is 0. The Labute approximate surface area is 176 Å². The second-order valence-corrected chi connectivity index (χ2v) is 8.91. The van der Waals surface area contributed by atoms with E-state index in [9.17, 15) is 0 Å². The molecule has 2 aromatic carbocycles. The summed E-state index contributed by atoms with van der Waals surface area (Å²) in [5.41, 5.74) is 6.42. The number of hydrogen-bond acceptors (Lipinski definition) is 3. The summed E-state index contributed by atoms with van der Waals surface area (Å²) in [7, 11) is 2.40. The SMILES string of the molecule is BC1(c2ccnc(-c3c(C)c4ccccc4c4oc5ncccc5c34)c2)CCCC1. The fraction of sp³-hybridized carbons (Fsp3) is 0.231. The largest absolute Gasteiger partial charge is 0.437 e. The summed E-state index contributed by atoms with van der Waals surface area (Å²) >= 11 is 0. The monoisotopic (exact) mass is 390 g/mol. The number of pyridine rings is 2. The van der Waals surface area contributed by atoms with Crippen LogP contribution in [0.25, 0.3) is 44.1 Å². The number of benzene rings is 2. The molecule has 3 nitrogen and oxygen atoms in total. The molecule has 0 spiro atoms. The van der Waals surface area contributed by atoms with Crippen LogP contribution in [0, 0.1) is 6.92 Å². The summed E-state index contributed by atoms with van der Waals surface area (Å²) < 4.78 is 6.29. The van der Waals surface area contributed by atoms with Crippen LogP contribution in [0.2, 0.25) is 0 Å². The second-order valence-electron chi connectivity index (χ2n) is 8.91. The van der Waals surface area contributed by atoms with Gasteiger partial charge in [-0.2, -0.15) is 0 Å². The van der Waals surface area contributed by atoms with E-state index in [-0.39, 0.29) is 5.31 Å². The van der Waals surface area contributed by atoms with E-state index in [2.05, 4.69) is 62.2 Å². The van der Waals surface area contributed by atoms with Crippen molar-refractivity contribution in [1.82, 2.24) is 9.97 Å². The summed E-state index contributed by atoms with van der Waals surface area (Å²) in [5.74, 6) is 0. The van der Waals surface area contributed by atoms with Gasteiger partial charge in [0, 0.05) is 34.1 Å². The molecule has 3 aromatic heterocycles. The molecule has 1 saturated carbocycles. The van der Waals surface area contributed by atoms with Crippen molar-refractivity contribution >= 4 is 40.7 Å². The van der Waals surface area contributed by atoms with Gasteiger partial charge in [-0.25, -0.2) is 4.98 Å². The Hall–Kier alpha value is -3.14. The molecule has 6 rings (SSSR count). The normalized spacial score (nSPS) is 16.0. The second kappa shape index (κ2) is 6.43. The van der Waals surface area contributed by atoms with Gasteiger partial charge >= 0.3 is 0 Å². The lowest BCUT2D eigenvalue weighted by molar-refractivity contribution is 0.635. The minimum absolute atomic E-state index is 0.252. The molecule has 0 amide bonds. The highest BCUT2D eigenvalue weighted by Gasteiger charge is 2.31. The molecule has 1 fully saturated rings. The van der Waals surface area contributed by atoms with Crippen molar-refractivity contribution in [2.45, 2.75) is 37.9 Å². The molecule has 0 aliphatic heterocycles. The lowest BCUT2D eigenvalue weighted by Crippen LogP contribution is -2.22. The zero-order valence-corrected chi connectivity index (χ0v) is 17.4. The first kappa shape index (κ1) is 17.7. The van der Waals surface area contributed by atoms with Gasteiger partial charge in [-0.05, 0) is 53.0 Å². The van der Waals surface area contributed by atoms with Gasteiger partial charge in [-0.1, -0.05) is 49.9 Å². The van der Waals surface area contributed by atoms with Crippen LogP contribution in [0.4, 0.5) is 0 Å². The van der Waals surface area contributed by atoms with Crippen LogP contribution in [-0.4, -0.2) is 17.8 Å². The molecule has 4 heteroatoms. The van der Waals surface area contributed by atoms with Gasteiger partial charge in [0.1, 0.15) is 13.4 Å². The van der Waals surface area contributed by atoms with Gasteiger partial charge in [0.05, 0.1) is 5.69 Å². The Morgan fingerprint density at radius 3 is 2.50 bits per heavy atom. The minimum atomic E-state index is 0.252. The zero-order chi connectivity index (χ0) is 20.3. The summed E-state index contributed by atoms with van der Waals surface area (Å²) in [4.78, 5) is 9.35. The smallest absolute Gasteiger partial charge is 0.227 e. The molecule has 3 heterocycles. The van der Waals surface area contributed by atoms with Gasteiger partial charge < -0.3 is 4.42 Å². The predicted octanol–water partition coefficient (Wildman–Crippen LogP) is 5.91. The number of fused-ring (bicyclic) bond motifs is 5. The molecule has 5 aromatic rings. The number of aromatic nitrogens is 2. The number of aryl methyl sites for hydroxylation is 1. The van der Waals surface area contributed by atoms with Gasteiger partial charge in [-0.15, -0.1) is 0 Å². The molecule has 0 saturated heterocycles. The van der Waals surface area contributed by atoms with E-state index in [0.29, 0.717) is 5.71 Å². The van der Waals surface area contributed by atoms with E-state index in [4.69, 9.17) is 9.40 Å². The number of nitrogens with zero attached hydrogens (tertiary/aromatic N) is 2. The van der Waals surface area contributed by atoms with Gasteiger partial charge in [0.15, 0.2) is 0 Å². The molecule has 0 atom stereocenters. The molecule has 1 aliphatic rings. The van der Waals surface area contributed by atoms with Crippen molar-refractivity contribution in [1.29, 1.82) is 0 Å². The van der Waals surface area contributed by atoms with Crippen molar-refractivity contribution in [2.75, 3.05) is 0 Å². The third-order valence-corrected chi connectivity index (χ3v) is 7.09. The molecule has 146 valence electrons. The first-order valence-corrected chi connectivity index (χ1v) is 10.8. The lowest BCUT2D eigenvalue weighted by atomic mass is 9.63. The van der Waals surface area contributed by atoms with Gasteiger partial charge in [0.25, 0.3) is 0 Å². The lowest BCUT2D eigenvalue weighted by Gasteiger charge is -2.25. The first-order valence-electron chi connectivity index (χ1n) is 10.8. The number of furan rings is 1. The molecule has 1 aliphatic carbocycles. The Kier molecular flexibility index (Phi) is 3.79. The Bertz CT molecular complexity index is 1430. The molecular formula is C26H23BN2O. The van der Waals surface area contributed by atoms with Crippen LogP contribution in [0.3, 0.4) is 0 Å². The minimum Gasteiger partial charge on any atom is -0.437 e. The Morgan fingerprint density at radius 1 is 0.900 bits per heavy atom.